The molecule has 0 amide bonds. The molecule has 0 atom stereocenters. The SMILES string of the molecule is C=CS/C(=C\C)c1nc2nc(CNc3ccc(C)c(C)c3)cc(=O)n2[nH]1. The van der Waals surface area contributed by atoms with Crippen molar-refractivity contribution in [3.05, 3.63) is 75.3 Å². The number of hydrogen-bond donors (Lipinski definition) is 2. The zero-order valence-electron chi connectivity index (χ0n) is 15.0. The largest absolute Gasteiger partial charge is 0.379 e. The van der Waals surface area contributed by atoms with E-state index < -0.39 is 0 Å². The number of nitrogens with zero attached hydrogens (tertiary/aromatic N) is 3. The third-order valence-corrected chi connectivity index (χ3v) is 4.92. The number of hydrogen-bond acceptors (Lipinski definition) is 5. The summed E-state index contributed by atoms with van der Waals surface area (Å²) >= 11 is 1.44. The lowest BCUT2D eigenvalue weighted by molar-refractivity contribution is 0.873. The number of fused-ring (bicyclic) bond motifs is 1. The van der Waals surface area contributed by atoms with E-state index in [0.717, 1.165) is 10.6 Å². The number of H-pyrrole nitrogens is 1. The first-order chi connectivity index (χ1) is 12.5. The van der Waals surface area contributed by atoms with Crippen molar-refractivity contribution in [1.82, 2.24) is 19.6 Å². The molecule has 0 radical (unpaired) electrons. The van der Waals surface area contributed by atoms with Gasteiger partial charge in [-0.15, -0.1) is 0 Å². The third-order valence-electron chi connectivity index (χ3n) is 4.07. The fourth-order valence-electron chi connectivity index (χ4n) is 2.52. The Kier molecular flexibility index (Phi) is 5.27. The van der Waals surface area contributed by atoms with Crippen molar-refractivity contribution in [3.8, 4) is 0 Å². The summed E-state index contributed by atoms with van der Waals surface area (Å²) in [5, 5.41) is 8.01. The number of aromatic nitrogens is 4. The Morgan fingerprint density at radius 1 is 1.31 bits per heavy atom. The van der Waals surface area contributed by atoms with Gasteiger partial charge in [-0.1, -0.05) is 30.5 Å². The maximum atomic E-state index is 12.4. The van der Waals surface area contributed by atoms with E-state index in [0.29, 0.717) is 23.8 Å². The molecule has 0 saturated heterocycles. The number of rotatable bonds is 6. The van der Waals surface area contributed by atoms with E-state index >= 15 is 0 Å². The molecule has 0 bridgehead atoms. The molecular weight excluding hydrogens is 346 g/mol. The summed E-state index contributed by atoms with van der Waals surface area (Å²) < 4.78 is 1.35. The summed E-state index contributed by atoms with van der Waals surface area (Å²) in [7, 11) is 0. The van der Waals surface area contributed by atoms with Gasteiger partial charge in [-0.25, -0.2) is 4.98 Å². The van der Waals surface area contributed by atoms with E-state index in [9.17, 15) is 4.79 Å². The van der Waals surface area contributed by atoms with Crippen LogP contribution in [0.1, 0.15) is 29.6 Å². The number of nitrogens with one attached hydrogen (secondary N) is 2. The fourth-order valence-corrected chi connectivity index (χ4v) is 3.04. The van der Waals surface area contributed by atoms with Crippen LogP contribution < -0.4 is 10.9 Å². The first-order valence-electron chi connectivity index (χ1n) is 8.26. The molecule has 0 spiro atoms. The Balaban J connectivity index is 1.87. The van der Waals surface area contributed by atoms with E-state index in [4.69, 9.17) is 0 Å². The van der Waals surface area contributed by atoms with Gasteiger partial charge in [0.1, 0.15) is 0 Å². The molecule has 0 unspecified atom stereocenters. The van der Waals surface area contributed by atoms with Crippen LogP contribution >= 0.6 is 11.8 Å². The van der Waals surface area contributed by atoms with Gasteiger partial charge in [0, 0.05) is 11.8 Å². The minimum Gasteiger partial charge on any atom is -0.379 e. The Morgan fingerprint density at radius 3 is 2.81 bits per heavy atom. The van der Waals surface area contributed by atoms with Crippen LogP contribution in [0.4, 0.5) is 5.69 Å². The molecule has 2 aromatic heterocycles. The van der Waals surface area contributed by atoms with Gasteiger partial charge in [0.2, 0.25) is 0 Å². The van der Waals surface area contributed by atoms with Crippen molar-refractivity contribution in [3.63, 3.8) is 0 Å². The van der Waals surface area contributed by atoms with Crippen LogP contribution in [0.3, 0.4) is 0 Å². The van der Waals surface area contributed by atoms with Crippen molar-refractivity contribution >= 4 is 28.1 Å². The van der Waals surface area contributed by atoms with E-state index in [2.05, 4.69) is 52.9 Å². The predicted octanol–water partition coefficient (Wildman–Crippen LogP) is 3.88. The minimum absolute atomic E-state index is 0.190. The van der Waals surface area contributed by atoms with E-state index in [1.807, 2.05) is 19.1 Å². The van der Waals surface area contributed by atoms with Crippen LogP contribution in [-0.4, -0.2) is 19.6 Å². The van der Waals surface area contributed by atoms with Crippen LogP contribution in [-0.2, 0) is 6.54 Å². The fraction of sp³-hybridized carbons (Fsp3) is 0.211. The molecule has 2 heterocycles. The van der Waals surface area contributed by atoms with Crippen LogP contribution in [0.2, 0.25) is 0 Å². The number of benzene rings is 1. The predicted molar refractivity (Wildman–Crippen MR) is 108 cm³/mol. The average Bonchev–Trinajstić information content (AvgIpc) is 3.05. The molecule has 3 aromatic rings. The average molecular weight is 367 g/mol. The number of aromatic amines is 1. The Labute approximate surface area is 156 Å². The number of anilines is 1. The Bertz CT molecular complexity index is 1050. The summed E-state index contributed by atoms with van der Waals surface area (Å²) in [5.41, 5.74) is 3.91. The molecule has 1 aromatic carbocycles. The highest BCUT2D eigenvalue weighted by Gasteiger charge is 2.11. The van der Waals surface area contributed by atoms with Crippen molar-refractivity contribution < 1.29 is 0 Å². The van der Waals surface area contributed by atoms with Gasteiger partial charge in [-0.2, -0.15) is 9.50 Å². The quantitative estimate of drug-likeness (QED) is 0.691. The Morgan fingerprint density at radius 2 is 2.12 bits per heavy atom. The molecule has 26 heavy (non-hydrogen) atoms. The van der Waals surface area contributed by atoms with Gasteiger partial charge >= 0.3 is 0 Å². The summed E-state index contributed by atoms with van der Waals surface area (Å²) in [6, 6.07) is 7.68. The minimum atomic E-state index is -0.190. The van der Waals surface area contributed by atoms with E-state index in [1.165, 1.54) is 33.5 Å². The lowest BCUT2D eigenvalue weighted by Gasteiger charge is -2.08. The zero-order valence-corrected chi connectivity index (χ0v) is 15.9. The summed E-state index contributed by atoms with van der Waals surface area (Å²) in [6.45, 7) is 10.2. The van der Waals surface area contributed by atoms with Gasteiger partial charge in [-0.05, 0) is 49.4 Å². The lowest BCUT2D eigenvalue weighted by atomic mass is 10.1. The molecule has 0 aliphatic rings. The molecule has 0 fully saturated rings. The molecule has 6 nitrogen and oxygen atoms in total. The van der Waals surface area contributed by atoms with Crippen LogP contribution in [0.5, 0.6) is 0 Å². The first kappa shape index (κ1) is 18.0. The van der Waals surface area contributed by atoms with Crippen LogP contribution in [0, 0.1) is 13.8 Å². The number of thioether (sulfide) groups is 1. The van der Waals surface area contributed by atoms with Crippen molar-refractivity contribution in [2.75, 3.05) is 5.32 Å². The molecule has 134 valence electrons. The second-order valence-electron chi connectivity index (χ2n) is 5.88. The molecule has 0 saturated carbocycles. The second-order valence-corrected chi connectivity index (χ2v) is 6.89. The topological polar surface area (TPSA) is 75.1 Å². The molecule has 0 aliphatic heterocycles. The van der Waals surface area contributed by atoms with E-state index in [-0.39, 0.29) is 5.56 Å². The smallest absolute Gasteiger partial charge is 0.274 e. The first-order valence-corrected chi connectivity index (χ1v) is 9.14. The van der Waals surface area contributed by atoms with Crippen molar-refractivity contribution in [2.45, 2.75) is 27.3 Å². The van der Waals surface area contributed by atoms with Gasteiger partial charge in [0.25, 0.3) is 11.3 Å². The molecular formula is C19H21N5OS. The highest BCUT2D eigenvalue weighted by molar-refractivity contribution is 8.10. The molecule has 0 aliphatic carbocycles. The zero-order chi connectivity index (χ0) is 18.7. The highest BCUT2D eigenvalue weighted by atomic mass is 32.2. The molecule has 2 N–H and O–H groups in total. The maximum absolute atomic E-state index is 12.4. The number of allylic oxidation sites excluding steroid dienone is 1. The maximum Gasteiger partial charge on any atom is 0.274 e. The summed E-state index contributed by atoms with van der Waals surface area (Å²) in [5.74, 6) is 0.953. The normalized spacial score (nSPS) is 11.7. The van der Waals surface area contributed by atoms with Gasteiger partial charge < -0.3 is 5.32 Å². The third kappa shape index (κ3) is 3.72. The standard InChI is InChI=1S/C19H21N5OS/c1-5-16(26-6-2)18-22-19-21-15(10-17(25)24(19)23-18)11-20-14-8-7-12(3)13(4)9-14/h5-10,20H,2,11H2,1,3-4H3,(H,21,22,23)/b16-5-. The van der Waals surface area contributed by atoms with Crippen molar-refractivity contribution in [2.24, 2.45) is 0 Å². The van der Waals surface area contributed by atoms with Crippen LogP contribution in [0.25, 0.3) is 10.7 Å². The number of aryl methyl sites for hydroxylation is 2. The summed E-state index contributed by atoms with van der Waals surface area (Å²) in [4.78, 5) is 22.2. The lowest BCUT2D eigenvalue weighted by Crippen LogP contribution is -2.17. The van der Waals surface area contributed by atoms with Crippen molar-refractivity contribution in [1.29, 1.82) is 0 Å². The Hall–Kier alpha value is -2.80. The van der Waals surface area contributed by atoms with Gasteiger partial charge in [0.05, 0.1) is 17.1 Å². The van der Waals surface area contributed by atoms with E-state index in [1.54, 1.807) is 5.41 Å². The van der Waals surface area contributed by atoms with Gasteiger partial charge in [0.15, 0.2) is 5.82 Å². The molecule has 3 rings (SSSR count). The summed E-state index contributed by atoms with van der Waals surface area (Å²) in [6.07, 6.45) is 1.91. The van der Waals surface area contributed by atoms with Crippen LogP contribution in [0.15, 0.2) is 47.1 Å². The second kappa shape index (κ2) is 7.61. The monoisotopic (exact) mass is 367 g/mol. The molecule has 7 heteroatoms. The highest BCUT2D eigenvalue weighted by Crippen LogP contribution is 2.25. The van der Waals surface area contributed by atoms with Gasteiger partial charge in [-0.3, -0.25) is 9.89 Å².